The van der Waals surface area contributed by atoms with Crippen molar-refractivity contribution in [2.75, 3.05) is 20.8 Å². The number of benzene rings is 2. The minimum atomic E-state index is -0.931. The lowest BCUT2D eigenvalue weighted by molar-refractivity contribution is -0.151. The fourth-order valence-corrected chi connectivity index (χ4v) is 3.00. The quantitative estimate of drug-likeness (QED) is 0.549. The number of methoxy groups -OCH3 is 2. The van der Waals surface area contributed by atoms with Gasteiger partial charge in [0.2, 0.25) is 0 Å². The lowest BCUT2D eigenvalue weighted by Gasteiger charge is -2.21. The third-order valence-electron chi connectivity index (χ3n) is 4.84. The maximum Gasteiger partial charge on any atom is 0.329 e. The highest BCUT2D eigenvalue weighted by Crippen LogP contribution is 2.22. The summed E-state index contributed by atoms with van der Waals surface area (Å²) in [6.07, 6.45) is 0. The molecule has 0 aliphatic heterocycles. The molecule has 172 valence electrons. The van der Waals surface area contributed by atoms with Gasteiger partial charge in [-0.15, -0.1) is 0 Å². The second-order valence-corrected chi connectivity index (χ2v) is 7.60. The molecule has 2 amide bonds. The zero-order valence-electron chi connectivity index (χ0n) is 19.0. The number of carbonyl (C=O) groups is 3. The fourth-order valence-electron chi connectivity index (χ4n) is 3.00. The Hall–Kier alpha value is -3.55. The summed E-state index contributed by atoms with van der Waals surface area (Å²) >= 11 is 0. The number of carbonyl (C=O) groups excluding carboxylic acids is 3. The van der Waals surface area contributed by atoms with Crippen LogP contribution in [0, 0.1) is 5.92 Å². The van der Waals surface area contributed by atoms with Crippen LogP contribution < -0.4 is 20.1 Å². The molecule has 8 heteroatoms. The first-order valence-corrected chi connectivity index (χ1v) is 10.3. The average molecular weight is 443 g/mol. The SMILES string of the molecule is COc1cc(OC)cc(C(=O)N[C@H](C(=O)OCC(=O)N[C@H](C)c2ccccc2)C(C)C)c1. The molecule has 0 fully saturated rings. The Kier molecular flexibility index (Phi) is 9.07. The van der Waals surface area contributed by atoms with Crippen molar-refractivity contribution < 1.29 is 28.6 Å². The van der Waals surface area contributed by atoms with Crippen LogP contribution in [0.5, 0.6) is 11.5 Å². The maximum atomic E-state index is 12.7. The molecule has 2 rings (SSSR count). The number of hydrogen-bond donors (Lipinski definition) is 2. The average Bonchev–Trinajstić information content (AvgIpc) is 2.80. The second kappa shape index (κ2) is 11.7. The zero-order valence-corrected chi connectivity index (χ0v) is 19.0. The molecule has 0 heterocycles. The Labute approximate surface area is 188 Å². The predicted octanol–water partition coefficient (Wildman–Crippen LogP) is 2.88. The van der Waals surface area contributed by atoms with Crippen LogP contribution in [0.1, 0.15) is 42.7 Å². The highest BCUT2D eigenvalue weighted by atomic mass is 16.5. The smallest absolute Gasteiger partial charge is 0.329 e. The van der Waals surface area contributed by atoms with Gasteiger partial charge in [-0.2, -0.15) is 0 Å². The maximum absolute atomic E-state index is 12.7. The third kappa shape index (κ3) is 7.01. The Morgan fingerprint density at radius 2 is 1.47 bits per heavy atom. The summed E-state index contributed by atoms with van der Waals surface area (Å²) in [5.74, 6) is -0.971. The minimum absolute atomic E-state index is 0.231. The van der Waals surface area contributed by atoms with Gasteiger partial charge in [-0.25, -0.2) is 4.79 Å². The summed E-state index contributed by atoms with van der Waals surface area (Å²) < 4.78 is 15.5. The molecule has 0 unspecified atom stereocenters. The molecule has 0 aliphatic rings. The van der Waals surface area contributed by atoms with Gasteiger partial charge in [-0.1, -0.05) is 44.2 Å². The van der Waals surface area contributed by atoms with Crippen molar-refractivity contribution in [2.45, 2.75) is 32.9 Å². The van der Waals surface area contributed by atoms with Gasteiger partial charge in [0.1, 0.15) is 17.5 Å². The Bertz CT molecular complexity index is 907. The first kappa shape index (κ1) is 24.7. The largest absolute Gasteiger partial charge is 0.497 e. The van der Waals surface area contributed by atoms with E-state index in [9.17, 15) is 14.4 Å². The second-order valence-electron chi connectivity index (χ2n) is 7.60. The number of nitrogens with one attached hydrogen (secondary N) is 2. The Morgan fingerprint density at radius 1 is 0.875 bits per heavy atom. The van der Waals surface area contributed by atoms with E-state index in [1.54, 1.807) is 32.0 Å². The van der Waals surface area contributed by atoms with E-state index < -0.39 is 30.4 Å². The van der Waals surface area contributed by atoms with E-state index in [2.05, 4.69) is 10.6 Å². The molecular formula is C24H30N2O6. The molecule has 0 aliphatic carbocycles. The van der Waals surface area contributed by atoms with Crippen LogP contribution in [-0.2, 0) is 14.3 Å². The number of ether oxygens (including phenoxy) is 3. The predicted molar refractivity (Wildman–Crippen MR) is 120 cm³/mol. The topological polar surface area (TPSA) is 103 Å². The van der Waals surface area contributed by atoms with E-state index in [4.69, 9.17) is 14.2 Å². The molecule has 8 nitrogen and oxygen atoms in total. The van der Waals surface area contributed by atoms with E-state index in [1.165, 1.54) is 14.2 Å². The highest BCUT2D eigenvalue weighted by molar-refractivity contribution is 5.97. The number of amides is 2. The molecule has 0 bridgehead atoms. The van der Waals surface area contributed by atoms with Crippen LogP contribution >= 0.6 is 0 Å². The molecule has 2 atom stereocenters. The Morgan fingerprint density at radius 3 is 2.00 bits per heavy atom. The number of hydrogen-bond acceptors (Lipinski definition) is 6. The number of rotatable bonds is 10. The van der Waals surface area contributed by atoms with Crippen LogP contribution in [0.15, 0.2) is 48.5 Å². The van der Waals surface area contributed by atoms with E-state index >= 15 is 0 Å². The molecule has 0 saturated heterocycles. The summed E-state index contributed by atoms with van der Waals surface area (Å²) in [7, 11) is 2.96. The van der Waals surface area contributed by atoms with Crippen molar-refractivity contribution >= 4 is 17.8 Å². The molecule has 0 radical (unpaired) electrons. The number of esters is 1. The normalized spacial score (nSPS) is 12.4. The van der Waals surface area contributed by atoms with E-state index in [0.717, 1.165) is 5.56 Å². The lowest BCUT2D eigenvalue weighted by Crippen LogP contribution is -2.46. The first-order chi connectivity index (χ1) is 15.2. The zero-order chi connectivity index (χ0) is 23.7. The van der Waals surface area contributed by atoms with Gasteiger partial charge in [-0.05, 0) is 30.5 Å². The van der Waals surface area contributed by atoms with Crippen molar-refractivity contribution in [2.24, 2.45) is 5.92 Å². The standard InChI is InChI=1S/C24H30N2O6/c1-15(2)22(26-23(28)18-11-19(30-4)13-20(12-18)31-5)24(29)32-14-21(27)25-16(3)17-9-7-6-8-10-17/h6-13,15-16,22H,14H2,1-5H3,(H,25,27)(H,26,28)/t16-,22+/m1/s1. The monoisotopic (exact) mass is 442 g/mol. The van der Waals surface area contributed by atoms with Crippen LogP contribution in [0.3, 0.4) is 0 Å². The van der Waals surface area contributed by atoms with Gasteiger partial charge < -0.3 is 24.8 Å². The molecule has 0 aromatic heterocycles. The van der Waals surface area contributed by atoms with Crippen LogP contribution in [0.25, 0.3) is 0 Å². The molecular weight excluding hydrogens is 412 g/mol. The van der Waals surface area contributed by atoms with Crippen LogP contribution in [0.4, 0.5) is 0 Å². The van der Waals surface area contributed by atoms with Gasteiger partial charge >= 0.3 is 5.97 Å². The van der Waals surface area contributed by atoms with Crippen molar-refractivity contribution in [3.63, 3.8) is 0 Å². The lowest BCUT2D eigenvalue weighted by atomic mass is 10.0. The van der Waals surface area contributed by atoms with E-state index in [-0.39, 0.29) is 17.5 Å². The fraction of sp³-hybridized carbons (Fsp3) is 0.375. The van der Waals surface area contributed by atoms with Crippen molar-refractivity contribution in [1.82, 2.24) is 10.6 Å². The Balaban J connectivity index is 1.97. The van der Waals surface area contributed by atoms with Gasteiger partial charge in [0.05, 0.1) is 20.3 Å². The molecule has 0 saturated carbocycles. The molecule has 0 spiro atoms. The first-order valence-electron chi connectivity index (χ1n) is 10.3. The van der Waals surface area contributed by atoms with Gasteiger partial charge in [0.15, 0.2) is 6.61 Å². The van der Waals surface area contributed by atoms with Gasteiger partial charge in [0.25, 0.3) is 11.8 Å². The van der Waals surface area contributed by atoms with Gasteiger partial charge in [0, 0.05) is 11.6 Å². The summed E-state index contributed by atoms with van der Waals surface area (Å²) in [5.41, 5.74) is 1.21. The summed E-state index contributed by atoms with van der Waals surface area (Å²) in [6.45, 7) is 4.95. The minimum Gasteiger partial charge on any atom is -0.497 e. The highest BCUT2D eigenvalue weighted by Gasteiger charge is 2.27. The summed E-state index contributed by atoms with van der Waals surface area (Å²) in [5, 5.41) is 5.45. The summed E-state index contributed by atoms with van der Waals surface area (Å²) in [6, 6.07) is 13.0. The molecule has 2 aromatic carbocycles. The van der Waals surface area contributed by atoms with Crippen LogP contribution in [0.2, 0.25) is 0 Å². The van der Waals surface area contributed by atoms with Crippen molar-refractivity contribution in [3.05, 3.63) is 59.7 Å². The molecule has 2 aromatic rings. The van der Waals surface area contributed by atoms with Gasteiger partial charge in [-0.3, -0.25) is 9.59 Å². The molecule has 32 heavy (non-hydrogen) atoms. The van der Waals surface area contributed by atoms with Crippen molar-refractivity contribution in [3.8, 4) is 11.5 Å². The van der Waals surface area contributed by atoms with E-state index in [0.29, 0.717) is 11.5 Å². The summed E-state index contributed by atoms with van der Waals surface area (Å²) in [4.78, 5) is 37.5. The third-order valence-corrected chi connectivity index (χ3v) is 4.84. The van der Waals surface area contributed by atoms with E-state index in [1.807, 2.05) is 37.3 Å². The van der Waals surface area contributed by atoms with Crippen LogP contribution in [-0.4, -0.2) is 44.7 Å². The van der Waals surface area contributed by atoms with Crippen molar-refractivity contribution in [1.29, 1.82) is 0 Å². The molecule has 2 N–H and O–H groups in total.